The van der Waals surface area contributed by atoms with Gasteiger partial charge in [-0.3, -0.25) is 4.79 Å². The van der Waals surface area contributed by atoms with E-state index in [1.54, 1.807) is 6.92 Å². The minimum Gasteiger partial charge on any atom is -0.502 e. The van der Waals surface area contributed by atoms with Crippen LogP contribution >= 0.6 is 0 Å². The topological polar surface area (TPSA) is 66.0 Å². The minimum absolute atomic E-state index is 0.261. The number of H-pyrrole nitrogens is 1. The van der Waals surface area contributed by atoms with Crippen LogP contribution < -0.4 is 5.56 Å². The molecule has 1 aromatic rings. The number of aromatic nitrogens is 2. The molecule has 70 valence electrons. The summed E-state index contributed by atoms with van der Waals surface area (Å²) in [6, 6.07) is 0. The Morgan fingerprint density at radius 3 is 2.69 bits per heavy atom. The molecule has 1 aromatic heterocycles. The number of hydrogen-bond acceptors (Lipinski definition) is 3. The van der Waals surface area contributed by atoms with Crippen LogP contribution in [0.3, 0.4) is 0 Å². The molecule has 0 unspecified atom stereocenters. The molecule has 0 spiro atoms. The first kappa shape index (κ1) is 8.29. The first-order chi connectivity index (χ1) is 6.18. The normalized spacial score (nSPS) is 17.0. The zero-order valence-electron chi connectivity index (χ0n) is 7.50. The summed E-state index contributed by atoms with van der Waals surface area (Å²) < 4.78 is 0. The molecule has 0 radical (unpaired) electrons. The first-order valence-electron chi connectivity index (χ1n) is 4.48. The van der Waals surface area contributed by atoms with Gasteiger partial charge in [0.05, 0.1) is 5.69 Å². The summed E-state index contributed by atoms with van der Waals surface area (Å²) in [4.78, 5) is 17.9. The summed E-state index contributed by atoms with van der Waals surface area (Å²) in [5, 5.41) is 9.20. The van der Waals surface area contributed by atoms with Crippen molar-refractivity contribution in [3.05, 3.63) is 21.9 Å². The second-order valence-corrected chi connectivity index (χ2v) is 3.51. The standard InChI is InChI=1S/C9H12N2O2/c1-5-7(12)9(13)11-8(10-5)6-3-2-4-6/h6,12H,2-4H2,1H3,(H,10,11,13). The molecule has 2 N–H and O–H groups in total. The predicted molar refractivity (Wildman–Crippen MR) is 47.9 cm³/mol. The van der Waals surface area contributed by atoms with Crippen molar-refractivity contribution < 1.29 is 5.11 Å². The lowest BCUT2D eigenvalue weighted by molar-refractivity contribution is 0.393. The fourth-order valence-corrected chi connectivity index (χ4v) is 1.48. The largest absolute Gasteiger partial charge is 0.502 e. The second-order valence-electron chi connectivity index (χ2n) is 3.51. The summed E-state index contributed by atoms with van der Waals surface area (Å²) in [7, 11) is 0. The second kappa shape index (κ2) is 2.87. The van der Waals surface area contributed by atoms with Crippen molar-refractivity contribution in [3.63, 3.8) is 0 Å². The average Bonchev–Trinajstić information content (AvgIpc) is 1.96. The number of nitrogens with zero attached hydrogens (tertiary/aromatic N) is 1. The third-order valence-electron chi connectivity index (χ3n) is 2.58. The molecule has 0 bridgehead atoms. The van der Waals surface area contributed by atoms with Crippen molar-refractivity contribution in [2.75, 3.05) is 0 Å². The van der Waals surface area contributed by atoms with E-state index in [0.29, 0.717) is 11.6 Å². The van der Waals surface area contributed by atoms with Gasteiger partial charge >= 0.3 is 0 Å². The number of rotatable bonds is 1. The maximum absolute atomic E-state index is 11.2. The van der Waals surface area contributed by atoms with Crippen molar-refractivity contribution in [2.45, 2.75) is 32.1 Å². The SMILES string of the molecule is Cc1nc(C2CCC2)[nH]c(=O)c1O. The maximum Gasteiger partial charge on any atom is 0.293 e. The summed E-state index contributed by atoms with van der Waals surface area (Å²) in [6.07, 6.45) is 3.38. The van der Waals surface area contributed by atoms with Gasteiger partial charge in [0.2, 0.25) is 5.75 Å². The van der Waals surface area contributed by atoms with Crippen molar-refractivity contribution in [1.82, 2.24) is 9.97 Å². The molecular formula is C9H12N2O2. The van der Waals surface area contributed by atoms with Gasteiger partial charge in [0.1, 0.15) is 5.82 Å². The van der Waals surface area contributed by atoms with Crippen molar-refractivity contribution in [3.8, 4) is 5.75 Å². The van der Waals surface area contributed by atoms with Crippen LogP contribution in [0, 0.1) is 6.92 Å². The highest BCUT2D eigenvalue weighted by atomic mass is 16.3. The molecule has 2 rings (SSSR count). The molecule has 1 fully saturated rings. The van der Waals surface area contributed by atoms with Crippen LogP contribution in [-0.4, -0.2) is 15.1 Å². The molecule has 1 aliphatic rings. The lowest BCUT2D eigenvalue weighted by Crippen LogP contribution is -2.19. The number of hydrogen-bond donors (Lipinski definition) is 2. The van der Waals surface area contributed by atoms with Crippen LogP contribution in [0.5, 0.6) is 5.75 Å². The van der Waals surface area contributed by atoms with Crippen molar-refractivity contribution >= 4 is 0 Å². The Labute approximate surface area is 75.6 Å². The van der Waals surface area contributed by atoms with Gasteiger partial charge < -0.3 is 10.1 Å². The van der Waals surface area contributed by atoms with Gasteiger partial charge in [-0.2, -0.15) is 0 Å². The highest BCUT2D eigenvalue weighted by Crippen LogP contribution is 2.34. The molecule has 13 heavy (non-hydrogen) atoms. The minimum atomic E-state index is -0.422. The van der Waals surface area contributed by atoms with Gasteiger partial charge in [0, 0.05) is 5.92 Å². The zero-order chi connectivity index (χ0) is 9.42. The van der Waals surface area contributed by atoms with Gasteiger partial charge in [-0.05, 0) is 19.8 Å². The molecule has 1 aliphatic carbocycles. The first-order valence-corrected chi connectivity index (χ1v) is 4.48. The van der Waals surface area contributed by atoms with E-state index in [0.717, 1.165) is 18.7 Å². The van der Waals surface area contributed by atoms with Crippen LogP contribution in [0.4, 0.5) is 0 Å². The number of nitrogens with one attached hydrogen (secondary N) is 1. The molecule has 0 aromatic carbocycles. The Morgan fingerprint density at radius 2 is 2.23 bits per heavy atom. The van der Waals surface area contributed by atoms with Crippen LogP contribution in [0.25, 0.3) is 0 Å². The van der Waals surface area contributed by atoms with E-state index >= 15 is 0 Å². The molecule has 1 saturated carbocycles. The van der Waals surface area contributed by atoms with Crippen molar-refractivity contribution in [1.29, 1.82) is 0 Å². The fourth-order valence-electron chi connectivity index (χ4n) is 1.48. The Bertz CT molecular complexity index is 380. The van der Waals surface area contributed by atoms with Crippen LogP contribution in [-0.2, 0) is 0 Å². The highest BCUT2D eigenvalue weighted by Gasteiger charge is 2.22. The van der Waals surface area contributed by atoms with Crippen LogP contribution in [0.15, 0.2) is 4.79 Å². The molecule has 0 saturated heterocycles. The highest BCUT2D eigenvalue weighted by molar-refractivity contribution is 5.22. The summed E-state index contributed by atoms with van der Waals surface area (Å²) >= 11 is 0. The molecule has 1 heterocycles. The Morgan fingerprint density at radius 1 is 1.54 bits per heavy atom. The van der Waals surface area contributed by atoms with Gasteiger partial charge in [-0.1, -0.05) is 6.42 Å². The number of aromatic amines is 1. The van der Waals surface area contributed by atoms with E-state index in [-0.39, 0.29) is 5.75 Å². The lowest BCUT2D eigenvalue weighted by atomic mass is 9.85. The monoisotopic (exact) mass is 180 g/mol. The summed E-state index contributed by atoms with van der Waals surface area (Å²) in [6.45, 7) is 1.65. The Hall–Kier alpha value is -1.32. The number of aromatic hydroxyl groups is 1. The third-order valence-corrected chi connectivity index (χ3v) is 2.58. The number of aryl methyl sites for hydroxylation is 1. The average molecular weight is 180 g/mol. The van der Waals surface area contributed by atoms with Gasteiger partial charge in [-0.25, -0.2) is 4.98 Å². The van der Waals surface area contributed by atoms with E-state index < -0.39 is 5.56 Å². The van der Waals surface area contributed by atoms with E-state index in [9.17, 15) is 9.90 Å². The molecular weight excluding hydrogens is 168 g/mol. The van der Waals surface area contributed by atoms with Gasteiger partial charge in [0.25, 0.3) is 5.56 Å². The third kappa shape index (κ3) is 1.32. The summed E-state index contributed by atoms with van der Waals surface area (Å²) in [5.74, 6) is 0.863. The summed E-state index contributed by atoms with van der Waals surface area (Å²) in [5.41, 5.74) is 0.0000463. The smallest absolute Gasteiger partial charge is 0.293 e. The molecule has 0 aliphatic heterocycles. The van der Waals surface area contributed by atoms with E-state index in [1.165, 1.54) is 6.42 Å². The fraction of sp³-hybridized carbons (Fsp3) is 0.556. The quantitative estimate of drug-likeness (QED) is 0.678. The van der Waals surface area contributed by atoms with Crippen molar-refractivity contribution in [2.24, 2.45) is 0 Å². The molecule has 4 heteroatoms. The predicted octanol–water partition coefficient (Wildman–Crippen LogP) is 1.05. The van der Waals surface area contributed by atoms with E-state index in [2.05, 4.69) is 9.97 Å². The van der Waals surface area contributed by atoms with Gasteiger partial charge in [-0.15, -0.1) is 0 Å². The van der Waals surface area contributed by atoms with Gasteiger partial charge in [0.15, 0.2) is 0 Å². The molecule has 4 nitrogen and oxygen atoms in total. The van der Waals surface area contributed by atoms with E-state index in [4.69, 9.17) is 0 Å². The molecule has 0 atom stereocenters. The zero-order valence-corrected chi connectivity index (χ0v) is 7.50. The lowest BCUT2D eigenvalue weighted by Gasteiger charge is -2.24. The van der Waals surface area contributed by atoms with E-state index in [1.807, 2.05) is 0 Å². The Kier molecular flexibility index (Phi) is 1.83. The Balaban J connectivity index is 2.43. The van der Waals surface area contributed by atoms with Crippen LogP contribution in [0.2, 0.25) is 0 Å². The maximum atomic E-state index is 11.2. The molecule has 0 amide bonds. The van der Waals surface area contributed by atoms with Crippen LogP contribution in [0.1, 0.15) is 36.7 Å².